The first-order chi connectivity index (χ1) is 8.74. The lowest BCUT2D eigenvalue weighted by Gasteiger charge is -2.39. The third-order valence-corrected chi connectivity index (χ3v) is 3.39. The summed E-state index contributed by atoms with van der Waals surface area (Å²) in [6.07, 6.45) is 0.889. The van der Waals surface area contributed by atoms with Crippen LogP contribution < -0.4 is 10.6 Å². The zero-order valence-electron chi connectivity index (χ0n) is 10.8. The molecule has 0 aromatic heterocycles. The number of nitrogens with one attached hydrogen (secondary N) is 2. The van der Waals surface area contributed by atoms with Crippen LogP contribution in [0.5, 0.6) is 0 Å². The predicted molar refractivity (Wildman–Crippen MR) is 66.0 cm³/mol. The monoisotopic (exact) mass is 255 g/mol. The number of ether oxygens (including phenoxy) is 1. The van der Waals surface area contributed by atoms with E-state index in [0.29, 0.717) is 26.3 Å². The number of hydrogen-bond acceptors (Lipinski definition) is 4. The van der Waals surface area contributed by atoms with Crippen molar-refractivity contribution < 1.29 is 14.3 Å². The lowest BCUT2D eigenvalue weighted by Crippen LogP contribution is -2.61. The Labute approximate surface area is 107 Å². The second-order valence-corrected chi connectivity index (χ2v) is 4.77. The Kier molecular flexibility index (Phi) is 4.54. The van der Waals surface area contributed by atoms with Gasteiger partial charge in [-0.1, -0.05) is 6.92 Å². The number of carbonyl (C=O) groups excluding carboxylic acids is 2. The van der Waals surface area contributed by atoms with Crippen LogP contribution in [0.2, 0.25) is 0 Å². The summed E-state index contributed by atoms with van der Waals surface area (Å²) in [5, 5.41) is 5.91. The maximum Gasteiger partial charge on any atom is 0.245 e. The van der Waals surface area contributed by atoms with E-state index < -0.39 is 6.04 Å². The molecule has 2 heterocycles. The molecule has 1 unspecified atom stereocenters. The third-order valence-electron chi connectivity index (χ3n) is 3.39. The van der Waals surface area contributed by atoms with E-state index in [-0.39, 0.29) is 17.7 Å². The number of morpholine rings is 1. The standard InChI is InChI=1S/C12H21N3O3/c1-2-3-14-11(16)10-8-18-5-4-15(10)12(17)9-6-13-7-9/h9-10,13H,2-8H2,1H3,(H,14,16). The lowest BCUT2D eigenvalue weighted by molar-refractivity contribution is -0.152. The molecule has 6 heteroatoms. The van der Waals surface area contributed by atoms with Gasteiger partial charge in [0.2, 0.25) is 11.8 Å². The highest BCUT2D eigenvalue weighted by Crippen LogP contribution is 2.14. The second kappa shape index (κ2) is 6.15. The van der Waals surface area contributed by atoms with E-state index in [2.05, 4.69) is 10.6 Å². The molecule has 0 aromatic carbocycles. The van der Waals surface area contributed by atoms with Gasteiger partial charge in [-0.3, -0.25) is 9.59 Å². The minimum atomic E-state index is -0.460. The number of hydrogen-bond donors (Lipinski definition) is 2. The van der Waals surface area contributed by atoms with Crippen LogP contribution in [0.1, 0.15) is 13.3 Å². The average molecular weight is 255 g/mol. The molecular weight excluding hydrogens is 234 g/mol. The molecular formula is C12H21N3O3. The molecule has 0 saturated carbocycles. The Morgan fingerprint density at radius 1 is 1.44 bits per heavy atom. The Hall–Kier alpha value is -1.14. The Balaban J connectivity index is 1.96. The van der Waals surface area contributed by atoms with Gasteiger partial charge in [0, 0.05) is 26.2 Å². The molecule has 2 fully saturated rings. The molecule has 0 aromatic rings. The van der Waals surface area contributed by atoms with Crippen molar-refractivity contribution in [2.75, 3.05) is 39.4 Å². The number of rotatable bonds is 4. The highest BCUT2D eigenvalue weighted by atomic mass is 16.5. The highest BCUT2D eigenvalue weighted by molar-refractivity contribution is 5.89. The third kappa shape index (κ3) is 2.81. The number of carbonyl (C=O) groups is 2. The summed E-state index contributed by atoms with van der Waals surface area (Å²) >= 11 is 0. The normalized spacial score (nSPS) is 24.5. The highest BCUT2D eigenvalue weighted by Gasteiger charge is 2.37. The molecule has 0 spiro atoms. The fourth-order valence-corrected chi connectivity index (χ4v) is 2.15. The maximum absolute atomic E-state index is 12.2. The minimum Gasteiger partial charge on any atom is -0.377 e. The average Bonchev–Trinajstić information content (AvgIpc) is 2.33. The maximum atomic E-state index is 12.2. The molecule has 2 aliphatic rings. The van der Waals surface area contributed by atoms with E-state index in [4.69, 9.17) is 4.74 Å². The van der Waals surface area contributed by atoms with Crippen molar-refractivity contribution in [1.29, 1.82) is 0 Å². The summed E-state index contributed by atoms with van der Waals surface area (Å²) < 4.78 is 5.32. The fourth-order valence-electron chi connectivity index (χ4n) is 2.15. The smallest absolute Gasteiger partial charge is 0.245 e. The Morgan fingerprint density at radius 3 is 2.83 bits per heavy atom. The van der Waals surface area contributed by atoms with Crippen LogP contribution >= 0.6 is 0 Å². The van der Waals surface area contributed by atoms with E-state index in [0.717, 1.165) is 19.5 Å². The van der Waals surface area contributed by atoms with Crippen LogP contribution in [0, 0.1) is 5.92 Å². The van der Waals surface area contributed by atoms with E-state index in [1.807, 2.05) is 6.92 Å². The van der Waals surface area contributed by atoms with Gasteiger partial charge < -0.3 is 20.3 Å². The van der Waals surface area contributed by atoms with Crippen molar-refractivity contribution in [2.45, 2.75) is 19.4 Å². The van der Waals surface area contributed by atoms with Gasteiger partial charge in [0.1, 0.15) is 6.04 Å². The molecule has 2 N–H and O–H groups in total. The van der Waals surface area contributed by atoms with Gasteiger partial charge in [0.25, 0.3) is 0 Å². The van der Waals surface area contributed by atoms with Crippen molar-refractivity contribution in [1.82, 2.24) is 15.5 Å². The van der Waals surface area contributed by atoms with Gasteiger partial charge in [-0.05, 0) is 6.42 Å². The summed E-state index contributed by atoms with van der Waals surface area (Å²) in [6, 6.07) is -0.460. The van der Waals surface area contributed by atoms with Gasteiger partial charge in [0.05, 0.1) is 19.1 Å². The molecule has 2 saturated heterocycles. The van der Waals surface area contributed by atoms with Crippen LogP contribution in [0.4, 0.5) is 0 Å². The van der Waals surface area contributed by atoms with Gasteiger partial charge in [-0.15, -0.1) is 0 Å². The van der Waals surface area contributed by atoms with E-state index in [1.165, 1.54) is 0 Å². The molecule has 0 radical (unpaired) electrons. The molecule has 0 bridgehead atoms. The fraction of sp³-hybridized carbons (Fsp3) is 0.833. The minimum absolute atomic E-state index is 0.0320. The van der Waals surface area contributed by atoms with Crippen molar-refractivity contribution in [2.24, 2.45) is 5.92 Å². The SMILES string of the molecule is CCCNC(=O)C1COCCN1C(=O)C1CNC1. The topological polar surface area (TPSA) is 70.7 Å². The van der Waals surface area contributed by atoms with Crippen molar-refractivity contribution in [3.8, 4) is 0 Å². The van der Waals surface area contributed by atoms with Crippen LogP contribution in [0.25, 0.3) is 0 Å². The number of nitrogens with zero attached hydrogens (tertiary/aromatic N) is 1. The molecule has 2 aliphatic heterocycles. The predicted octanol–water partition coefficient (Wildman–Crippen LogP) is -1.04. The zero-order chi connectivity index (χ0) is 13.0. The van der Waals surface area contributed by atoms with Gasteiger partial charge in [-0.25, -0.2) is 0 Å². The lowest BCUT2D eigenvalue weighted by atomic mass is 10.00. The summed E-state index contributed by atoms with van der Waals surface area (Å²) in [4.78, 5) is 25.9. The molecule has 6 nitrogen and oxygen atoms in total. The molecule has 2 amide bonds. The molecule has 1 atom stereocenters. The largest absolute Gasteiger partial charge is 0.377 e. The van der Waals surface area contributed by atoms with E-state index in [9.17, 15) is 9.59 Å². The molecule has 102 valence electrons. The van der Waals surface area contributed by atoms with E-state index in [1.54, 1.807) is 4.90 Å². The van der Waals surface area contributed by atoms with Crippen molar-refractivity contribution >= 4 is 11.8 Å². The van der Waals surface area contributed by atoms with Crippen LogP contribution in [0.3, 0.4) is 0 Å². The molecule has 18 heavy (non-hydrogen) atoms. The first-order valence-electron chi connectivity index (χ1n) is 6.60. The van der Waals surface area contributed by atoms with Crippen molar-refractivity contribution in [3.05, 3.63) is 0 Å². The van der Waals surface area contributed by atoms with Gasteiger partial charge in [-0.2, -0.15) is 0 Å². The number of amides is 2. The summed E-state index contributed by atoms with van der Waals surface area (Å²) in [5.41, 5.74) is 0. The molecule has 2 rings (SSSR count). The Morgan fingerprint density at radius 2 is 2.22 bits per heavy atom. The summed E-state index contributed by atoms with van der Waals surface area (Å²) in [7, 11) is 0. The Bertz CT molecular complexity index is 318. The zero-order valence-corrected chi connectivity index (χ0v) is 10.8. The summed E-state index contributed by atoms with van der Waals surface area (Å²) in [5.74, 6) is 0.00968. The van der Waals surface area contributed by atoms with Crippen LogP contribution in [0.15, 0.2) is 0 Å². The molecule has 0 aliphatic carbocycles. The van der Waals surface area contributed by atoms with Crippen LogP contribution in [-0.2, 0) is 14.3 Å². The summed E-state index contributed by atoms with van der Waals surface area (Å²) in [6.45, 7) is 5.42. The van der Waals surface area contributed by atoms with E-state index >= 15 is 0 Å². The quantitative estimate of drug-likeness (QED) is 0.673. The second-order valence-electron chi connectivity index (χ2n) is 4.77. The first kappa shape index (κ1) is 13.3. The van der Waals surface area contributed by atoms with Gasteiger partial charge >= 0.3 is 0 Å². The van der Waals surface area contributed by atoms with Crippen molar-refractivity contribution in [3.63, 3.8) is 0 Å². The van der Waals surface area contributed by atoms with Gasteiger partial charge in [0.15, 0.2) is 0 Å². The van der Waals surface area contributed by atoms with Crippen LogP contribution in [-0.4, -0.2) is 62.1 Å². The first-order valence-corrected chi connectivity index (χ1v) is 6.60.